The standard InChI is InChI=1S/C21H20F2N4O2/c1-29-21-19(24-16-7-2-3-8-17(16)25-21)27-11-9-13(10-12-27)20(28)26-18-14(22)5-4-6-15(18)23/h2-8,13H,9-12H2,1H3,(H,26,28). The van der Waals surface area contributed by atoms with E-state index in [0.29, 0.717) is 37.6 Å². The van der Waals surface area contributed by atoms with Crippen molar-refractivity contribution < 1.29 is 18.3 Å². The second-order valence-corrected chi connectivity index (χ2v) is 6.89. The second kappa shape index (κ2) is 7.98. The van der Waals surface area contributed by atoms with E-state index in [1.165, 1.54) is 6.07 Å². The maximum atomic E-state index is 13.8. The molecule has 1 aliphatic heterocycles. The summed E-state index contributed by atoms with van der Waals surface area (Å²) in [6, 6.07) is 11.0. The number of hydrogen-bond acceptors (Lipinski definition) is 5. The molecule has 0 spiro atoms. The van der Waals surface area contributed by atoms with Crippen LogP contribution in [0.5, 0.6) is 5.88 Å². The van der Waals surface area contributed by atoms with E-state index < -0.39 is 17.3 Å². The first-order valence-corrected chi connectivity index (χ1v) is 9.37. The van der Waals surface area contributed by atoms with Crippen molar-refractivity contribution in [3.63, 3.8) is 0 Å². The summed E-state index contributed by atoms with van der Waals surface area (Å²) in [5.74, 6) is -1.24. The third-order valence-corrected chi connectivity index (χ3v) is 5.09. The molecule has 2 aromatic carbocycles. The predicted octanol–water partition coefficient (Wildman–Crippen LogP) is 3.77. The molecule has 1 aliphatic rings. The maximum Gasteiger partial charge on any atom is 0.257 e. The van der Waals surface area contributed by atoms with Gasteiger partial charge in [0.2, 0.25) is 5.91 Å². The minimum Gasteiger partial charge on any atom is -0.478 e. The number of hydrogen-bond donors (Lipinski definition) is 1. The fourth-order valence-corrected chi connectivity index (χ4v) is 3.51. The third kappa shape index (κ3) is 3.83. The van der Waals surface area contributed by atoms with Gasteiger partial charge in [0.1, 0.15) is 17.3 Å². The van der Waals surface area contributed by atoms with E-state index in [-0.39, 0.29) is 11.8 Å². The molecule has 150 valence electrons. The molecule has 0 unspecified atom stereocenters. The smallest absolute Gasteiger partial charge is 0.257 e. The SMILES string of the molecule is COc1nc2ccccc2nc1N1CCC(C(=O)Nc2c(F)cccc2F)CC1. The van der Waals surface area contributed by atoms with E-state index in [4.69, 9.17) is 4.74 Å². The van der Waals surface area contributed by atoms with Crippen molar-refractivity contribution in [1.82, 2.24) is 9.97 Å². The Balaban J connectivity index is 1.47. The fourth-order valence-electron chi connectivity index (χ4n) is 3.51. The van der Waals surface area contributed by atoms with E-state index >= 15 is 0 Å². The number of para-hydroxylation sites is 3. The molecule has 1 amide bonds. The Kier molecular flexibility index (Phi) is 5.24. The highest BCUT2D eigenvalue weighted by Crippen LogP contribution is 2.31. The lowest BCUT2D eigenvalue weighted by molar-refractivity contribution is -0.120. The molecule has 4 rings (SSSR count). The average molecular weight is 398 g/mol. The molecule has 29 heavy (non-hydrogen) atoms. The van der Waals surface area contributed by atoms with Crippen molar-refractivity contribution >= 4 is 28.4 Å². The number of piperidine rings is 1. The summed E-state index contributed by atoms with van der Waals surface area (Å²) in [7, 11) is 1.55. The van der Waals surface area contributed by atoms with Gasteiger partial charge in [0, 0.05) is 19.0 Å². The Morgan fingerprint density at radius 2 is 1.66 bits per heavy atom. The molecule has 1 aromatic heterocycles. The van der Waals surface area contributed by atoms with Gasteiger partial charge in [0.05, 0.1) is 18.1 Å². The number of anilines is 2. The number of fused-ring (bicyclic) bond motifs is 1. The van der Waals surface area contributed by atoms with Crippen LogP contribution in [0, 0.1) is 17.6 Å². The van der Waals surface area contributed by atoms with Crippen LogP contribution in [0.2, 0.25) is 0 Å². The summed E-state index contributed by atoms with van der Waals surface area (Å²) in [6.45, 7) is 1.11. The Morgan fingerprint density at radius 1 is 1.03 bits per heavy atom. The van der Waals surface area contributed by atoms with Crippen LogP contribution >= 0.6 is 0 Å². The Hall–Kier alpha value is -3.29. The Bertz CT molecular complexity index is 1030. The van der Waals surface area contributed by atoms with E-state index in [2.05, 4.69) is 15.3 Å². The molecule has 6 nitrogen and oxygen atoms in total. The second-order valence-electron chi connectivity index (χ2n) is 6.89. The first kappa shape index (κ1) is 19.0. The first-order chi connectivity index (χ1) is 14.1. The number of rotatable bonds is 4. The number of carbonyl (C=O) groups is 1. The van der Waals surface area contributed by atoms with E-state index in [1.807, 2.05) is 29.2 Å². The molecule has 3 aromatic rings. The minimum absolute atomic E-state index is 0.343. The number of methoxy groups -OCH3 is 1. The monoisotopic (exact) mass is 398 g/mol. The van der Waals surface area contributed by atoms with Crippen LogP contribution in [-0.2, 0) is 4.79 Å². The third-order valence-electron chi connectivity index (χ3n) is 5.09. The van der Waals surface area contributed by atoms with Gasteiger partial charge in [-0.1, -0.05) is 18.2 Å². The molecule has 0 atom stereocenters. The van der Waals surface area contributed by atoms with Crippen molar-refractivity contribution in [2.24, 2.45) is 5.92 Å². The molecular formula is C21H20F2N4O2. The first-order valence-electron chi connectivity index (χ1n) is 9.37. The Labute approximate surface area is 166 Å². The average Bonchev–Trinajstić information content (AvgIpc) is 2.75. The zero-order valence-corrected chi connectivity index (χ0v) is 15.9. The van der Waals surface area contributed by atoms with E-state index in [0.717, 1.165) is 23.2 Å². The van der Waals surface area contributed by atoms with Gasteiger partial charge < -0.3 is 15.0 Å². The number of carbonyl (C=O) groups excluding carboxylic acids is 1. The molecule has 0 radical (unpaired) electrons. The molecule has 1 N–H and O–H groups in total. The van der Waals surface area contributed by atoms with Crippen LogP contribution < -0.4 is 15.0 Å². The summed E-state index contributed by atoms with van der Waals surface area (Å²) < 4.78 is 33.0. The number of aromatic nitrogens is 2. The minimum atomic E-state index is -0.785. The zero-order chi connectivity index (χ0) is 20.4. The molecule has 0 bridgehead atoms. The normalized spacial score (nSPS) is 14.8. The maximum absolute atomic E-state index is 13.8. The van der Waals surface area contributed by atoms with Crippen LogP contribution in [0.15, 0.2) is 42.5 Å². The van der Waals surface area contributed by atoms with Crippen molar-refractivity contribution in [2.75, 3.05) is 30.4 Å². The highest BCUT2D eigenvalue weighted by molar-refractivity contribution is 5.93. The topological polar surface area (TPSA) is 67.4 Å². The van der Waals surface area contributed by atoms with Crippen LogP contribution in [0.4, 0.5) is 20.3 Å². The van der Waals surface area contributed by atoms with Crippen molar-refractivity contribution in [1.29, 1.82) is 0 Å². The van der Waals surface area contributed by atoms with Gasteiger partial charge in [0.15, 0.2) is 5.82 Å². The molecular weight excluding hydrogens is 378 g/mol. The van der Waals surface area contributed by atoms with Gasteiger partial charge in [-0.2, -0.15) is 0 Å². The van der Waals surface area contributed by atoms with Crippen LogP contribution in [0.1, 0.15) is 12.8 Å². The highest BCUT2D eigenvalue weighted by Gasteiger charge is 2.28. The van der Waals surface area contributed by atoms with Crippen molar-refractivity contribution in [3.05, 3.63) is 54.1 Å². The molecule has 0 aliphatic carbocycles. The van der Waals surface area contributed by atoms with Crippen LogP contribution in [0.25, 0.3) is 11.0 Å². The van der Waals surface area contributed by atoms with Crippen LogP contribution in [-0.4, -0.2) is 36.1 Å². The number of halogens is 2. The summed E-state index contributed by atoms with van der Waals surface area (Å²) >= 11 is 0. The van der Waals surface area contributed by atoms with Crippen molar-refractivity contribution in [3.8, 4) is 5.88 Å². The lowest BCUT2D eigenvalue weighted by atomic mass is 9.95. The summed E-state index contributed by atoms with van der Waals surface area (Å²) in [5.41, 5.74) is 1.11. The molecule has 8 heteroatoms. The predicted molar refractivity (Wildman–Crippen MR) is 106 cm³/mol. The number of benzene rings is 2. The van der Waals surface area contributed by atoms with Gasteiger partial charge in [-0.05, 0) is 37.1 Å². The van der Waals surface area contributed by atoms with E-state index in [1.54, 1.807) is 7.11 Å². The molecule has 0 saturated carbocycles. The highest BCUT2D eigenvalue weighted by atomic mass is 19.1. The number of nitrogens with one attached hydrogen (secondary N) is 1. The molecule has 2 heterocycles. The number of nitrogens with zero attached hydrogens (tertiary/aromatic N) is 3. The molecule has 1 saturated heterocycles. The zero-order valence-electron chi connectivity index (χ0n) is 15.9. The summed E-state index contributed by atoms with van der Waals surface area (Å²) in [6.07, 6.45) is 1.05. The Morgan fingerprint density at radius 3 is 2.28 bits per heavy atom. The van der Waals surface area contributed by atoms with E-state index in [9.17, 15) is 13.6 Å². The van der Waals surface area contributed by atoms with Gasteiger partial charge in [0.25, 0.3) is 5.88 Å². The fraction of sp³-hybridized carbons (Fsp3) is 0.286. The van der Waals surface area contributed by atoms with Gasteiger partial charge >= 0.3 is 0 Å². The summed E-state index contributed by atoms with van der Waals surface area (Å²) in [4.78, 5) is 23.7. The number of amides is 1. The molecule has 1 fully saturated rings. The number of ether oxygens (including phenoxy) is 1. The quantitative estimate of drug-likeness (QED) is 0.725. The van der Waals surface area contributed by atoms with Crippen molar-refractivity contribution in [2.45, 2.75) is 12.8 Å². The largest absolute Gasteiger partial charge is 0.478 e. The lowest BCUT2D eigenvalue weighted by Crippen LogP contribution is -2.39. The lowest BCUT2D eigenvalue weighted by Gasteiger charge is -2.32. The van der Waals surface area contributed by atoms with Gasteiger partial charge in [-0.15, -0.1) is 0 Å². The van der Waals surface area contributed by atoms with Gasteiger partial charge in [-0.25, -0.2) is 18.7 Å². The van der Waals surface area contributed by atoms with Gasteiger partial charge in [-0.3, -0.25) is 4.79 Å². The van der Waals surface area contributed by atoms with Crippen LogP contribution in [0.3, 0.4) is 0 Å². The summed E-state index contributed by atoms with van der Waals surface area (Å²) in [5, 5.41) is 2.39.